The average Bonchev–Trinajstić information content (AvgIpc) is 3.09. The molecule has 0 saturated carbocycles. The fraction of sp³-hybridized carbons (Fsp3) is 0.429. The Kier molecular flexibility index (Phi) is 3.38. The van der Waals surface area contributed by atoms with E-state index in [1.54, 1.807) is 17.5 Å². The summed E-state index contributed by atoms with van der Waals surface area (Å²) in [6.07, 6.45) is 5.01. The van der Waals surface area contributed by atoms with Crippen LogP contribution in [0, 0.1) is 6.92 Å². The monoisotopic (exact) mass is 275 g/mol. The van der Waals surface area contributed by atoms with E-state index in [9.17, 15) is 4.79 Å². The molecule has 1 saturated heterocycles. The molecule has 1 N–H and O–H groups in total. The van der Waals surface area contributed by atoms with Gasteiger partial charge in [0.15, 0.2) is 0 Å². The van der Waals surface area contributed by atoms with Crippen molar-refractivity contribution in [2.45, 2.75) is 32.2 Å². The zero-order valence-electron chi connectivity index (χ0n) is 10.9. The first-order valence-electron chi connectivity index (χ1n) is 6.62. The van der Waals surface area contributed by atoms with Gasteiger partial charge in [0.1, 0.15) is 0 Å². The number of rotatable bonds is 2. The molecule has 19 heavy (non-hydrogen) atoms. The van der Waals surface area contributed by atoms with Gasteiger partial charge in [-0.25, -0.2) is 0 Å². The van der Waals surface area contributed by atoms with Crippen molar-refractivity contribution < 1.29 is 4.79 Å². The maximum Gasteiger partial charge on any atom is 0.264 e. The van der Waals surface area contributed by atoms with Crippen molar-refractivity contribution >= 4 is 17.2 Å². The van der Waals surface area contributed by atoms with Crippen LogP contribution in [0.25, 0.3) is 0 Å². The van der Waals surface area contributed by atoms with Gasteiger partial charge >= 0.3 is 0 Å². The highest BCUT2D eigenvalue weighted by Gasteiger charge is 2.30. The number of carbonyl (C=O) groups is 1. The van der Waals surface area contributed by atoms with Crippen molar-refractivity contribution in [2.75, 3.05) is 6.54 Å². The lowest BCUT2D eigenvalue weighted by Gasteiger charge is -2.34. The molecule has 0 spiro atoms. The van der Waals surface area contributed by atoms with Gasteiger partial charge < -0.3 is 4.90 Å². The van der Waals surface area contributed by atoms with Crippen LogP contribution in [0.1, 0.15) is 45.5 Å². The Balaban J connectivity index is 1.86. The SMILES string of the molecule is Cc1ccc(C(=O)N2CCCC[C@H]2c2ccn[nH]2)s1. The van der Waals surface area contributed by atoms with Crippen LogP contribution >= 0.6 is 11.3 Å². The van der Waals surface area contributed by atoms with Gasteiger partial charge in [-0.3, -0.25) is 9.89 Å². The third-order valence-corrected chi connectivity index (χ3v) is 4.58. The van der Waals surface area contributed by atoms with Crippen LogP contribution in [-0.2, 0) is 0 Å². The minimum atomic E-state index is 0.145. The number of piperidine rings is 1. The first kappa shape index (κ1) is 12.4. The van der Waals surface area contributed by atoms with Gasteiger partial charge in [0.05, 0.1) is 16.6 Å². The van der Waals surface area contributed by atoms with Gasteiger partial charge in [0, 0.05) is 17.6 Å². The zero-order valence-corrected chi connectivity index (χ0v) is 11.7. The Morgan fingerprint density at radius 2 is 2.32 bits per heavy atom. The highest BCUT2D eigenvalue weighted by Crippen LogP contribution is 2.32. The van der Waals surface area contributed by atoms with Gasteiger partial charge in [-0.05, 0) is 44.4 Å². The minimum absolute atomic E-state index is 0.145. The number of amides is 1. The average molecular weight is 275 g/mol. The first-order chi connectivity index (χ1) is 9.25. The highest BCUT2D eigenvalue weighted by atomic mass is 32.1. The lowest BCUT2D eigenvalue weighted by atomic mass is 9.99. The second-order valence-electron chi connectivity index (χ2n) is 4.93. The predicted octanol–water partition coefficient (Wildman–Crippen LogP) is 3.15. The van der Waals surface area contributed by atoms with Crippen molar-refractivity contribution in [3.63, 3.8) is 0 Å². The Bertz CT molecular complexity index is 561. The molecule has 3 heterocycles. The van der Waals surface area contributed by atoms with Gasteiger partial charge in [-0.15, -0.1) is 11.3 Å². The predicted molar refractivity (Wildman–Crippen MR) is 75.3 cm³/mol. The molecule has 1 amide bonds. The van der Waals surface area contributed by atoms with E-state index in [2.05, 4.69) is 10.2 Å². The molecule has 4 nitrogen and oxygen atoms in total. The van der Waals surface area contributed by atoms with Crippen molar-refractivity contribution in [3.8, 4) is 0 Å². The summed E-state index contributed by atoms with van der Waals surface area (Å²) in [7, 11) is 0. The number of aromatic nitrogens is 2. The van der Waals surface area contributed by atoms with E-state index in [4.69, 9.17) is 0 Å². The molecule has 5 heteroatoms. The maximum atomic E-state index is 12.6. The molecular weight excluding hydrogens is 258 g/mol. The van der Waals surface area contributed by atoms with Gasteiger partial charge in [-0.2, -0.15) is 5.10 Å². The van der Waals surface area contributed by atoms with E-state index in [0.29, 0.717) is 0 Å². The molecule has 2 aromatic heterocycles. The van der Waals surface area contributed by atoms with Crippen LogP contribution in [-0.4, -0.2) is 27.5 Å². The number of carbonyl (C=O) groups excluding carboxylic acids is 1. The Hall–Kier alpha value is -1.62. The number of hydrogen-bond donors (Lipinski definition) is 1. The van der Waals surface area contributed by atoms with E-state index in [1.807, 2.05) is 30.0 Å². The lowest BCUT2D eigenvalue weighted by molar-refractivity contribution is 0.0611. The van der Waals surface area contributed by atoms with Crippen LogP contribution < -0.4 is 0 Å². The van der Waals surface area contributed by atoms with Crippen molar-refractivity contribution in [3.05, 3.63) is 39.8 Å². The maximum absolute atomic E-state index is 12.6. The van der Waals surface area contributed by atoms with Crippen LogP contribution in [0.5, 0.6) is 0 Å². The van der Waals surface area contributed by atoms with Gasteiger partial charge in [0.2, 0.25) is 0 Å². The van der Waals surface area contributed by atoms with Crippen LogP contribution in [0.15, 0.2) is 24.4 Å². The fourth-order valence-electron chi connectivity index (χ4n) is 2.64. The fourth-order valence-corrected chi connectivity index (χ4v) is 3.46. The number of nitrogens with zero attached hydrogens (tertiary/aromatic N) is 2. The van der Waals surface area contributed by atoms with Gasteiger partial charge in [-0.1, -0.05) is 0 Å². The summed E-state index contributed by atoms with van der Waals surface area (Å²) in [6, 6.07) is 6.05. The number of thiophene rings is 1. The quantitative estimate of drug-likeness (QED) is 0.915. The third kappa shape index (κ3) is 2.42. The molecule has 2 aromatic rings. The first-order valence-corrected chi connectivity index (χ1v) is 7.44. The molecule has 0 bridgehead atoms. The summed E-state index contributed by atoms with van der Waals surface area (Å²) >= 11 is 1.57. The van der Waals surface area contributed by atoms with Crippen molar-refractivity contribution in [1.82, 2.24) is 15.1 Å². The van der Waals surface area contributed by atoms with Gasteiger partial charge in [0.25, 0.3) is 5.91 Å². The molecule has 100 valence electrons. The lowest BCUT2D eigenvalue weighted by Crippen LogP contribution is -2.38. The number of aromatic amines is 1. The number of likely N-dealkylation sites (tertiary alicyclic amines) is 1. The number of hydrogen-bond acceptors (Lipinski definition) is 3. The molecule has 1 fully saturated rings. The standard InChI is InChI=1S/C14H17N3OS/c1-10-5-6-13(19-10)14(18)17-9-3-2-4-12(17)11-7-8-15-16-11/h5-8,12H,2-4,9H2,1H3,(H,15,16)/t12-/m0/s1. The summed E-state index contributed by atoms with van der Waals surface area (Å²) in [6.45, 7) is 2.86. The second-order valence-corrected chi connectivity index (χ2v) is 6.22. The normalized spacial score (nSPS) is 19.6. The van der Waals surface area contributed by atoms with E-state index in [0.717, 1.165) is 36.4 Å². The third-order valence-electron chi connectivity index (χ3n) is 3.60. The van der Waals surface area contributed by atoms with Crippen molar-refractivity contribution in [2.24, 2.45) is 0 Å². The van der Waals surface area contributed by atoms with E-state index in [-0.39, 0.29) is 11.9 Å². The Morgan fingerprint density at radius 1 is 1.42 bits per heavy atom. The second kappa shape index (κ2) is 5.17. The number of nitrogens with one attached hydrogen (secondary N) is 1. The number of H-pyrrole nitrogens is 1. The van der Waals surface area contributed by atoms with Crippen LogP contribution in [0.4, 0.5) is 0 Å². The summed E-state index contributed by atoms with van der Waals surface area (Å²) in [5.74, 6) is 0.150. The molecule has 0 aromatic carbocycles. The molecule has 1 aliphatic heterocycles. The number of aryl methyl sites for hydroxylation is 1. The van der Waals surface area contributed by atoms with Crippen LogP contribution in [0.3, 0.4) is 0 Å². The van der Waals surface area contributed by atoms with E-state index >= 15 is 0 Å². The Morgan fingerprint density at radius 3 is 3.00 bits per heavy atom. The highest BCUT2D eigenvalue weighted by molar-refractivity contribution is 7.13. The molecule has 0 radical (unpaired) electrons. The summed E-state index contributed by atoms with van der Waals surface area (Å²) in [4.78, 5) is 16.6. The smallest absolute Gasteiger partial charge is 0.264 e. The molecule has 1 aliphatic rings. The van der Waals surface area contributed by atoms with Crippen molar-refractivity contribution in [1.29, 1.82) is 0 Å². The minimum Gasteiger partial charge on any atom is -0.329 e. The zero-order chi connectivity index (χ0) is 13.2. The summed E-state index contributed by atoms with van der Waals surface area (Å²) in [5.41, 5.74) is 1.04. The molecule has 0 aliphatic carbocycles. The molecular formula is C14H17N3OS. The summed E-state index contributed by atoms with van der Waals surface area (Å²) < 4.78 is 0. The largest absolute Gasteiger partial charge is 0.329 e. The topological polar surface area (TPSA) is 49.0 Å². The molecule has 1 atom stereocenters. The van der Waals surface area contributed by atoms with E-state index in [1.165, 1.54) is 4.88 Å². The van der Waals surface area contributed by atoms with Crippen LogP contribution in [0.2, 0.25) is 0 Å². The Labute approximate surface area is 116 Å². The van der Waals surface area contributed by atoms with E-state index < -0.39 is 0 Å². The molecule has 0 unspecified atom stereocenters. The summed E-state index contributed by atoms with van der Waals surface area (Å²) in [5, 5.41) is 7.02. The molecule has 3 rings (SSSR count).